The molecule has 12 nitrogen and oxygen atoms in total. The summed E-state index contributed by atoms with van der Waals surface area (Å²) in [7, 11) is 5.61. The number of ether oxygens (including phenoxy) is 4. The zero-order valence-electron chi connectivity index (χ0n) is 34.3. The lowest BCUT2D eigenvalue weighted by molar-refractivity contribution is 0.0513. The molecule has 0 bridgehead atoms. The van der Waals surface area contributed by atoms with Crippen molar-refractivity contribution in [1.82, 2.24) is 23.0 Å². The molecule has 1 saturated heterocycles. The Balaban J connectivity index is 1.09. The molecule has 1 atom stereocenters. The Morgan fingerprint density at radius 3 is 2.46 bits per heavy atom. The van der Waals surface area contributed by atoms with Crippen LogP contribution in [0.3, 0.4) is 0 Å². The number of esters is 1. The predicted molar refractivity (Wildman–Crippen MR) is 233 cm³/mol. The Morgan fingerprint density at radius 1 is 0.898 bits per heavy atom. The van der Waals surface area contributed by atoms with Crippen molar-refractivity contribution in [3.63, 3.8) is 0 Å². The Hall–Kier alpha value is -5.47. The molecule has 1 unspecified atom stereocenters. The van der Waals surface area contributed by atoms with E-state index in [0.717, 1.165) is 93.1 Å². The number of hydrogen-bond acceptors (Lipinski definition) is 8. The quantitative estimate of drug-likeness (QED) is 0.0680. The van der Waals surface area contributed by atoms with Crippen LogP contribution in [-0.2, 0) is 53.9 Å². The maximum Gasteiger partial charge on any atom is 0.355 e. The molecule has 0 amide bonds. The highest BCUT2D eigenvalue weighted by molar-refractivity contribution is 7.80. The highest BCUT2D eigenvalue weighted by Gasteiger charge is 2.29. The van der Waals surface area contributed by atoms with Gasteiger partial charge in [-0.3, -0.25) is 4.68 Å². The summed E-state index contributed by atoms with van der Waals surface area (Å²) in [5.41, 5.74) is 7.13. The molecule has 1 fully saturated rings. The van der Waals surface area contributed by atoms with Crippen molar-refractivity contribution in [2.75, 3.05) is 65.0 Å². The van der Waals surface area contributed by atoms with Crippen molar-refractivity contribution in [3.8, 4) is 22.6 Å². The first-order valence-corrected chi connectivity index (χ1v) is 21.4. The molecule has 2 aromatic heterocycles. The Labute approximate surface area is 348 Å². The van der Waals surface area contributed by atoms with Gasteiger partial charge in [0, 0.05) is 81.5 Å². The van der Waals surface area contributed by atoms with Gasteiger partial charge in [0.15, 0.2) is 11.2 Å². The number of benzene rings is 4. The fraction of sp³-hybridized carbons (Fsp3) is 0.348. The van der Waals surface area contributed by atoms with Crippen molar-refractivity contribution in [1.29, 1.82) is 0 Å². The minimum Gasteiger partial charge on any atom is -0.493 e. The van der Waals surface area contributed by atoms with Gasteiger partial charge in [0.25, 0.3) is 0 Å². The second-order valence-electron chi connectivity index (χ2n) is 14.9. The molecule has 0 N–H and O–H groups in total. The first-order chi connectivity index (χ1) is 28.8. The van der Waals surface area contributed by atoms with Crippen LogP contribution in [0.1, 0.15) is 40.8 Å². The lowest BCUT2D eigenvalue weighted by Crippen LogP contribution is -2.49. The normalized spacial score (nSPS) is 15.8. The highest BCUT2D eigenvalue weighted by atomic mass is 32.2. The summed E-state index contributed by atoms with van der Waals surface area (Å²) in [5, 5.41) is 8.21. The van der Waals surface area contributed by atoms with Crippen LogP contribution in [0.25, 0.3) is 32.8 Å². The first-order valence-electron chi connectivity index (χ1n) is 20.3. The smallest absolute Gasteiger partial charge is 0.355 e. The van der Waals surface area contributed by atoms with Crippen LogP contribution in [0, 0.1) is 0 Å². The van der Waals surface area contributed by atoms with Gasteiger partial charge in [0.05, 0.1) is 37.6 Å². The lowest BCUT2D eigenvalue weighted by atomic mass is 9.98. The average Bonchev–Trinajstić information content (AvgIpc) is 3.74. The third kappa shape index (κ3) is 8.51. The molecule has 59 heavy (non-hydrogen) atoms. The Morgan fingerprint density at radius 2 is 1.66 bits per heavy atom. The van der Waals surface area contributed by atoms with Gasteiger partial charge in [-0.05, 0) is 61.0 Å². The zero-order chi connectivity index (χ0) is 40.9. The molecule has 0 spiro atoms. The van der Waals surface area contributed by atoms with Crippen LogP contribution in [-0.4, -0.2) is 93.2 Å². The lowest BCUT2D eigenvalue weighted by Gasteiger charge is -2.36. The standard InChI is InChI=1S/C46H52N6O6S/c1-5-56-46(53)45-38(18-12-30-57-42-19-10-14-33-13-6-7-15-36(33)42)37-16-11-17-39-43-40(47-49(4)41(43)32-55-29-9-8-24-52(45)44(37)39)31-58-35-22-20-34(21-23-35)50-25-27-51(28-26-50)59(54)48(2)3/h6-11,13-17,19-23H,5,12,18,24-32H2,1-4H3/b9-8-. The molecule has 8 rings (SSSR count). The number of aromatic nitrogens is 3. The summed E-state index contributed by atoms with van der Waals surface area (Å²) in [5.74, 6) is 1.24. The summed E-state index contributed by atoms with van der Waals surface area (Å²) in [6, 6.07) is 28.8. The van der Waals surface area contributed by atoms with Crippen LogP contribution in [0.4, 0.5) is 5.69 Å². The maximum atomic E-state index is 14.0. The van der Waals surface area contributed by atoms with Crippen LogP contribution < -0.4 is 14.4 Å². The molecule has 0 saturated carbocycles. The van der Waals surface area contributed by atoms with Crippen LogP contribution in [0.15, 0.2) is 97.1 Å². The number of anilines is 1. The van der Waals surface area contributed by atoms with E-state index in [1.165, 1.54) is 0 Å². The molecular weight excluding hydrogens is 765 g/mol. The number of nitrogens with zero attached hydrogens (tertiary/aromatic N) is 6. The molecular formula is C46H52N6O6S. The molecule has 0 aliphatic carbocycles. The number of fused-ring (bicyclic) bond motifs is 3. The third-order valence-electron chi connectivity index (χ3n) is 11.0. The molecule has 0 radical (unpaired) electrons. The molecule has 6 aromatic rings. The van der Waals surface area contributed by atoms with Gasteiger partial charge in [-0.25, -0.2) is 17.6 Å². The van der Waals surface area contributed by atoms with E-state index < -0.39 is 11.2 Å². The topological polar surface area (TPSA) is 104 Å². The summed E-state index contributed by atoms with van der Waals surface area (Å²) in [6.45, 7) is 7.12. The van der Waals surface area contributed by atoms with Crippen molar-refractivity contribution >= 4 is 44.5 Å². The summed E-state index contributed by atoms with van der Waals surface area (Å²) < 4.78 is 45.0. The van der Waals surface area contributed by atoms with E-state index in [1.807, 2.05) is 79.5 Å². The molecule has 4 aromatic carbocycles. The van der Waals surface area contributed by atoms with E-state index in [4.69, 9.17) is 24.0 Å². The van der Waals surface area contributed by atoms with E-state index in [0.29, 0.717) is 44.9 Å². The number of carbonyl (C=O) groups excluding carboxylic acids is 1. The van der Waals surface area contributed by atoms with E-state index >= 15 is 0 Å². The molecule has 13 heteroatoms. The predicted octanol–water partition coefficient (Wildman–Crippen LogP) is 7.31. The number of hydrogen-bond donors (Lipinski definition) is 0. The second kappa shape index (κ2) is 18.2. The number of para-hydroxylation sites is 1. The van der Waals surface area contributed by atoms with Gasteiger partial charge in [0.1, 0.15) is 29.5 Å². The summed E-state index contributed by atoms with van der Waals surface area (Å²) in [6.07, 6.45) is 5.38. The van der Waals surface area contributed by atoms with Crippen LogP contribution in [0.2, 0.25) is 0 Å². The zero-order valence-corrected chi connectivity index (χ0v) is 35.1. The number of rotatable bonds is 13. The van der Waals surface area contributed by atoms with Gasteiger partial charge >= 0.3 is 5.97 Å². The molecule has 2 aliphatic heterocycles. The van der Waals surface area contributed by atoms with Gasteiger partial charge in [-0.15, -0.1) is 0 Å². The number of carbonyl (C=O) groups is 1. The monoisotopic (exact) mass is 816 g/mol. The minimum atomic E-state index is -1.12. The largest absolute Gasteiger partial charge is 0.493 e. The molecule has 4 heterocycles. The van der Waals surface area contributed by atoms with Crippen molar-refractivity contribution in [2.24, 2.45) is 7.05 Å². The van der Waals surface area contributed by atoms with E-state index in [-0.39, 0.29) is 19.2 Å². The van der Waals surface area contributed by atoms with Crippen LogP contribution in [0.5, 0.6) is 11.5 Å². The number of aryl methyl sites for hydroxylation is 2. The van der Waals surface area contributed by atoms with E-state index in [2.05, 4.69) is 64.1 Å². The van der Waals surface area contributed by atoms with Crippen molar-refractivity contribution in [3.05, 3.63) is 120 Å². The summed E-state index contributed by atoms with van der Waals surface area (Å²) >= 11 is -1.12. The fourth-order valence-corrected chi connectivity index (χ4v) is 9.15. The Kier molecular flexibility index (Phi) is 12.4. The average molecular weight is 817 g/mol. The van der Waals surface area contributed by atoms with Gasteiger partial charge in [-0.1, -0.05) is 66.7 Å². The first kappa shape index (κ1) is 40.3. The van der Waals surface area contributed by atoms with Gasteiger partial charge in [0.2, 0.25) is 0 Å². The minimum absolute atomic E-state index is 0.232. The van der Waals surface area contributed by atoms with E-state index in [1.54, 1.807) is 4.31 Å². The molecule has 308 valence electrons. The van der Waals surface area contributed by atoms with Crippen molar-refractivity contribution in [2.45, 2.75) is 39.5 Å². The summed E-state index contributed by atoms with van der Waals surface area (Å²) in [4.78, 5) is 16.3. The fourth-order valence-electron chi connectivity index (χ4n) is 8.21. The number of piperazine rings is 1. The van der Waals surface area contributed by atoms with Gasteiger partial charge in [-0.2, -0.15) is 5.10 Å². The van der Waals surface area contributed by atoms with Gasteiger partial charge < -0.3 is 28.4 Å². The molecule has 2 aliphatic rings. The Bertz CT molecular complexity index is 2480. The van der Waals surface area contributed by atoms with Crippen molar-refractivity contribution < 1.29 is 28.0 Å². The third-order valence-corrected chi connectivity index (χ3v) is 12.4. The second-order valence-corrected chi connectivity index (χ2v) is 16.6. The van der Waals surface area contributed by atoms with E-state index in [9.17, 15) is 9.00 Å². The maximum absolute atomic E-state index is 14.0. The SMILES string of the molecule is CCOC(=O)c1c(CCCOc2cccc3ccccc23)c2cccc3c2n1C/C=C\COCc1c-3c(COc2ccc(N3CCN(S(=O)N(C)C)CC3)cc2)nn1C. The van der Waals surface area contributed by atoms with Crippen LogP contribution >= 0.6 is 0 Å². The highest BCUT2D eigenvalue weighted by Crippen LogP contribution is 2.39. The number of allylic oxidation sites excluding steroid dienone is 1.